The molecule has 0 atom stereocenters. The maximum Gasteiger partial charge on any atom is 0.254 e. The fourth-order valence-electron chi connectivity index (χ4n) is 2.37. The SMILES string of the molecule is CCCCN(C(=O)c1ccc(C)c(S(N)(=O)=O)c1)C1CC1. The number of nitrogens with zero attached hydrogens (tertiary/aromatic N) is 1. The first-order valence-corrected chi connectivity index (χ1v) is 8.83. The van der Waals surface area contributed by atoms with Gasteiger partial charge in [0.2, 0.25) is 10.0 Å². The second kappa shape index (κ2) is 6.15. The van der Waals surface area contributed by atoms with Crippen LogP contribution < -0.4 is 5.14 Å². The number of aryl methyl sites for hydroxylation is 1. The number of sulfonamides is 1. The lowest BCUT2D eigenvalue weighted by Crippen LogP contribution is -2.34. The highest BCUT2D eigenvalue weighted by Gasteiger charge is 2.32. The van der Waals surface area contributed by atoms with Crippen LogP contribution in [0.1, 0.15) is 48.5 Å². The molecule has 6 heteroatoms. The normalized spacial score (nSPS) is 15.0. The van der Waals surface area contributed by atoms with Crippen molar-refractivity contribution >= 4 is 15.9 Å². The number of carbonyl (C=O) groups is 1. The van der Waals surface area contributed by atoms with Gasteiger partial charge in [-0.05, 0) is 43.9 Å². The third-order valence-corrected chi connectivity index (χ3v) is 4.80. The Kier molecular flexibility index (Phi) is 4.68. The molecule has 0 unspecified atom stereocenters. The van der Waals surface area contributed by atoms with Crippen LogP contribution in [0.3, 0.4) is 0 Å². The molecule has 116 valence electrons. The molecule has 1 aliphatic carbocycles. The van der Waals surface area contributed by atoms with Crippen molar-refractivity contribution in [2.24, 2.45) is 5.14 Å². The Balaban J connectivity index is 2.29. The molecule has 0 spiro atoms. The Labute approximate surface area is 126 Å². The molecule has 0 aromatic heterocycles. The molecule has 1 aromatic rings. The number of hydrogen-bond acceptors (Lipinski definition) is 3. The molecule has 2 rings (SSSR count). The van der Waals surface area contributed by atoms with E-state index in [9.17, 15) is 13.2 Å². The first kappa shape index (κ1) is 16.0. The highest BCUT2D eigenvalue weighted by molar-refractivity contribution is 7.89. The maximum absolute atomic E-state index is 12.6. The van der Waals surface area contributed by atoms with Gasteiger partial charge in [0.15, 0.2) is 0 Å². The van der Waals surface area contributed by atoms with Crippen molar-refractivity contribution in [1.82, 2.24) is 4.90 Å². The predicted molar refractivity (Wildman–Crippen MR) is 81.5 cm³/mol. The van der Waals surface area contributed by atoms with Gasteiger partial charge in [0.25, 0.3) is 5.91 Å². The van der Waals surface area contributed by atoms with Gasteiger partial charge >= 0.3 is 0 Å². The molecule has 1 fully saturated rings. The fourth-order valence-corrected chi connectivity index (χ4v) is 3.18. The Hall–Kier alpha value is -1.40. The molecular formula is C15H22N2O3S. The zero-order chi connectivity index (χ0) is 15.6. The van der Waals surface area contributed by atoms with E-state index < -0.39 is 10.0 Å². The van der Waals surface area contributed by atoms with Crippen molar-refractivity contribution in [3.05, 3.63) is 29.3 Å². The molecule has 0 saturated heterocycles. The van der Waals surface area contributed by atoms with Crippen LogP contribution in [-0.4, -0.2) is 31.8 Å². The van der Waals surface area contributed by atoms with E-state index in [0.29, 0.717) is 17.2 Å². The van der Waals surface area contributed by atoms with E-state index in [1.807, 2.05) is 4.90 Å². The quantitative estimate of drug-likeness (QED) is 0.873. The number of primary sulfonamides is 1. The van der Waals surface area contributed by atoms with E-state index >= 15 is 0 Å². The zero-order valence-corrected chi connectivity index (χ0v) is 13.3. The molecule has 1 amide bonds. The molecule has 0 heterocycles. The number of hydrogen-bond donors (Lipinski definition) is 1. The standard InChI is InChI=1S/C15H22N2O3S/c1-3-4-9-17(13-7-8-13)15(18)12-6-5-11(2)14(10-12)21(16,19)20/h5-6,10,13H,3-4,7-9H2,1-2H3,(H2,16,19,20). The van der Waals surface area contributed by atoms with Gasteiger partial charge in [-0.3, -0.25) is 4.79 Å². The van der Waals surface area contributed by atoms with Crippen LogP contribution in [0.4, 0.5) is 0 Å². The summed E-state index contributed by atoms with van der Waals surface area (Å²) in [5.41, 5.74) is 0.952. The van der Waals surface area contributed by atoms with Crippen molar-refractivity contribution < 1.29 is 13.2 Å². The summed E-state index contributed by atoms with van der Waals surface area (Å²) in [6, 6.07) is 5.02. The first-order chi connectivity index (χ1) is 9.84. The van der Waals surface area contributed by atoms with Crippen LogP contribution in [0.2, 0.25) is 0 Å². The lowest BCUT2D eigenvalue weighted by Gasteiger charge is -2.22. The summed E-state index contributed by atoms with van der Waals surface area (Å²) in [7, 11) is -3.81. The Morgan fingerprint density at radius 3 is 2.57 bits per heavy atom. The van der Waals surface area contributed by atoms with Crippen molar-refractivity contribution in [2.75, 3.05) is 6.54 Å². The summed E-state index contributed by atoms with van der Waals surface area (Å²) in [6.07, 6.45) is 4.04. The van der Waals surface area contributed by atoms with E-state index in [1.165, 1.54) is 6.07 Å². The van der Waals surface area contributed by atoms with E-state index in [2.05, 4.69) is 6.92 Å². The number of rotatable bonds is 6. The highest BCUT2D eigenvalue weighted by Crippen LogP contribution is 2.29. The summed E-state index contributed by atoms with van der Waals surface area (Å²) in [5.74, 6) is -0.101. The molecule has 5 nitrogen and oxygen atoms in total. The third kappa shape index (κ3) is 3.83. The molecule has 1 saturated carbocycles. The van der Waals surface area contributed by atoms with E-state index in [0.717, 1.165) is 32.2 Å². The van der Waals surface area contributed by atoms with E-state index in [1.54, 1.807) is 19.1 Å². The van der Waals surface area contributed by atoms with Gasteiger partial charge in [0.05, 0.1) is 4.90 Å². The summed E-state index contributed by atoms with van der Waals surface area (Å²) in [5, 5.41) is 5.20. The number of carbonyl (C=O) groups excluding carboxylic acids is 1. The summed E-state index contributed by atoms with van der Waals surface area (Å²) >= 11 is 0. The second-order valence-corrected chi connectivity index (χ2v) is 7.14. The van der Waals surface area contributed by atoms with Gasteiger partial charge in [-0.25, -0.2) is 13.6 Å². The number of nitrogens with two attached hydrogens (primary N) is 1. The Bertz CT molecular complexity index is 636. The largest absolute Gasteiger partial charge is 0.336 e. The van der Waals surface area contributed by atoms with Gasteiger partial charge in [0, 0.05) is 18.2 Å². The van der Waals surface area contributed by atoms with Crippen LogP contribution >= 0.6 is 0 Å². The smallest absolute Gasteiger partial charge is 0.254 e. The van der Waals surface area contributed by atoms with E-state index in [-0.39, 0.29) is 10.8 Å². The minimum absolute atomic E-state index is 0.0274. The lowest BCUT2D eigenvalue weighted by molar-refractivity contribution is 0.0740. The van der Waals surface area contributed by atoms with Gasteiger partial charge in [-0.15, -0.1) is 0 Å². The van der Waals surface area contributed by atoms with Crippen LogP contribution in [0.25, 0.3) is 0 Å². The zero-order valence-electron chi connectivity index (χ0n) is 12.5. The minimum atomic E-state index is -3.81. The lowest BCUT2D eigenvalue weighted by atomic mass is 10.1. The maximum atomic E-state index is 12.6. The molecule has 1 aromatic carbocycles. The van der Waals surface area contributed by atoms with Crippen LogP contribution in [0.5, 0.6) is 0 Å². The molecule has 2 N–H and O–H groups in total. The average Bonchev–Trinajstić information content (AvgIpc) is 3.22. The number of benzene rings is 1. The molecular weight excluding hydrogens is 288 g/mol. The van der Waals surface area contributed by atoms with Crippen molar-refractivity contribution in [1.29, 1.82) is 0 Å². The molecule has 0 radical (unpaired) electrons. The number of amides is 1. The minimum Gasteiger partial charge on any atom is -0.336 e. The summed E-state index contributed by atoms with van der Waals surface area (Å²) < 4.78 is 23.1. The number of unbranched alkanes of at least 4 members (excludes halogenated alkanes) is 1. The van der Waals surface area contributed by atoms with Gasteiger partial charge < -0.3 is 4.90 Å². The van der Waals surface area contributed by atoms with Gasteiger partial charge in [0.1, 0.15) is 0 Å². The predicted octanol–water partition coefficient (Wildman–Crippen LogP) is 2.05. The second-order valence-electron chi connectivity index (χ2n) is 5.61. The Morgan fingerprint density at radius 2 is 2.05 bits per heavy atom. The van der Waals surface area contributed by atoms with Gasteiger partial charge in [-0.2, -0.15) is 0 Å². The molecule has 0 bridgehead atoms. The summed E-state index contributed by atoms with van der Waals surface area (Å²) in [6.45, 7) is 4.48. The van der Waals surface area contributed by atoms with Gasteiger partial charge in [-0.1, -0.05) is 19.4 Å². The topological polar surface area (TPSA) is 80.5 Å². The molecule has 21 heavy (non-hydrogen) atoms. The summed E-state index contributed by atoms with van der Waals surface area (Å²) in [4.78, 5) is 14.5. The van der Waals surface area contributed by atoms with E-state index in [4.69, 9.17) is 5.14 Å². The molecule has 1 aliphatic rings. The average molecular weight is 310 g/mol. The monoisotopic (exact) mass is 310 g/mol. The third-order valence-electron chi connectivity index (χ3n) is 3.74. The Morgan fingerprint density at radius 1 is 1.38 bits per heavy atom. The highest BCUT2D eigenvalue weighted by atomic mass is 32.2. The van der Waals surface area contributed by atoms with Crippen LogP contribution in [0, 0.1) is 6.92 Å². The van der Waals surface area contributed by atoms with Crippen LogP contribution in [0.15, 0.2) is 23.1 Å². The molecule has 0 aliphatic heterocycles. The van der Waals surface area contributed by atoms with Crippen molar-refractivity contribution in [3.63, 3.8) is 0 Å². The van der Waals surface area contributed by atoms with Crippen molar-refractivity contribution in [2.45, 2.75) is 50.5 Å². The van der Waals surface area contributed by atoms with Crippen molar-refractivity contribution in [3.8, 4) is 0 Å². The van der Waals surface area contributed by atoms with Crippen LogP contribution in [-0.2, 0) is 10.0 Å². The first-order valence-electron chi connectivity index (χ1n) is 7.29. The fraction of sp³-hybridized carbons (Fsp3) is 0.533.